The van der Waals surface area contributed by atoms with E-state index in [2.05, 4.69) is 0 Å². The monoisotopic (exact) mass is 266 g/mol. The Labute approximate surface area is 112 Å². The Balaban J connectivity index is 2.94. The van der Waals surface area contributed by atoms with Crippen LogP contribution in [-0.4, -0.2) is 16.9 Å². The van der Waals surface area contributed by atoms with E-state index in [-0.39, 0.29) is 17.3 Å². The SMILES string of the molecule is CC[C@@H](Cc1ccc([C@H](C)C(=O)O)c(F)c1)C(C)=O. The lowest BCUT2D eigenvalue weighted by atomic mass is 9.91. The van der Waals surface area contributed by atoms with E-state index in [0.29, 0.717) is 12.8 Å². The Morgan fingerprint density at radius 1 is 1.37 bits per heavy atom. The van der Waals surface area contributed by atoms with Gasteiger partial charge >= 0.3 is 5.97 Å². The fourth-order valence-electron chi connectivity index (χ4n) is 2.04. The molecule has 0 heterocycles. The van der Waals surface area contributed by atoms with Crippen molar-refractivity contribution in [1.29, 1.82) is 0 Å². The molecule has 0 amide bonds. The number of hydrogen-bond acceptors (Lipinski definition) is 2. The minimum absolute atomic E-state index is 0.0888. The summed E-state index contributed by atoms with van der Waals surface area (Å²) < 4.78 is 13.9. The summed E-state index contributed by atoms with van der Waals surface area (Å²) in [4.78, 5) is 22.2. The normalized spacial score (nSPS) is 13.9. The van der Waals surface area contributed by atoms with Crippen LogP contribution < -0.4 is 0 Å². The number of hydrogen-bond donors (Lipinski definition) is 1. The first-order valence-electron chi connectivity index (χ1n) is 6.38. The third-order valence-electron chi connectivity index (χ3n) is 3.45. The largest absolute Gasteiger partial charge is 0.481 e. The number of aliphatic carboxylic acids is 1. The predicted octanol–water partition coefficient (Wildman–Crippen LogP) is 3.17. The maximum Gasteiger partial charge on any atom is 0.310 e. The van der Waals surface area contributed by atoms with Gasteiger partial charge < -0.3 is 5.11 Å². The molecule has 0 saturated carbocycles. The number of carbonyl (C=O) groups is 2. The molecule has 2 atom stereocenters. The fourth-order valence-corrected chi connectivity index (χ4v) is 2.04. The molecule has 1 aromatic rings. The van der Waals surface area contributed by atoms with Crippen LogP contribution in [0, 0.1) is 11.7 Å². The molecule has 1 N–H and O–H groups in total. The number of carboxylic acids is 1. The van der Waals surface area contributed by atoms with Gasteiger partial charge in [0.15, 0.2) is 0 Å². The van der Waals surface area contributed by atoms with Gasteiger partial charge in [-0.15, -0.1) is 0 Å². The summed E-state index contributed by atoms with van der Waals surface area (Å²) in [6, 6.07) is 4.53. The van der Waals surface area contributed by atoms with E-state index in [1.54, 1.807) is 6.07 Å². The second-order valence-corrected chi connectivity index (χ2v) is 4.84. The number of ketones is 1. The molecular formula is C15H19FO3. The molecule has 1 aromatic carbocycles. The van der Waals surface area contributed by atoms with E-state index in [1.165, 1.54) is 26.0 Å². The highest BCUT2D eigenvalue weighted by atomic mass is 19.1. The summed E-state index contributed by atoms with van der Waals surface area (Å²) in [5.41, 5.74) is 0.896. The van der Waals surface area contributed by atoms with Crippen LogP contribution in [0.2, 0.25) is 0 Å². The molecule has 0 saturated heterocycles. The predicted molar refractivity (Wildman–Crippen MR) is 70.6 cm³/mol. The molecule has 0 aliphatic carbocycles. The van der Waals surface area contributed by atoms with Gasteiger partial charge in [-0.25, -0.2) is 4.39 Å². The molecule has 0 radical (unpaired) electrons. The fraction of sp³-hybridized carbons (Fsp3) is 0.467. The molecule has 0 aliphatic heterocycles. The molecule has 0 aliphatic rings. The second-order valence-electron chi connectivity index (χ2n) is 4.84. The Morgan fingerprint density at radius 2 is 2.00 bits per heavy atom. The van der Waals surface area contributed by atoms with Crippen LogP contribution in [-0.2, 0) is 16.0 Å². The lowest BCUT2D eigenvalue weighted by Crippen LogP contribution is -2.14. The number of carboxylic acid groups (broad SMARTS) is 1. The lowest BCUT2D eigenvalue weighted by Gasteiger charge is -2.13. The van der Waals surface area contributed by atoms with Crippen molar-refractivity contribution in [1.82, 2.24) is 0 Å². The van der Waals surface area contributed by atoms with Crippen molar-refractivity contribution >= 4 is 11.8 Å². The van der Waals surface area contributed by atoms with E-state index in [9.17, 15) is 14.0 Å². The summed E-state index contributed by atoms with van der Waals surface area (Å²) in [5, 5.41) is 8.87. The van der Waals surface area contributed by atoms with Crippen molar-refractivity contribution in [3.63, 3.8) is 0 Å². The van der Waals surface area contributed by atoms with Gasteiger partial charge in [-0.3, -0.25) is 9.59 Å². The van der Waals surface area contributed by atoms with E-state index in [0.717, 1.165) is 5.56 Å². The average Bonchev–Trinajstić information content (AvgIpc) is 2.34. The van der Waals surface area contributed by atoms with Gasteiger partial charge in [-0.2, -0.15) is 0 Å². The molecule has 0 unspecified atom stereocenters. The first kappa shape index (κ1) is 15.3. The number of benzene rings is 1. The topological polar surface area (TPSA) is 54.4 Å². The summed E-state index contributed by atoms with van der Waals surface area (Å²) in [6.07, 6.45) is 1.20. The maximum atomic E-state index is 13.9. The number of halogens is 1. The van der Waals surface area contributed by atoms with E-state index >= 15 is 0 Å². The van der Waals surface area contributed by atoms with E-state index < -0.39 is 17.7 Å². The summed E-state index contributed by atoms with van der Waals surface area (Å²) in [6.45, 7) is 4.90. The zero-order valence-electron chi connectivity index (χ0n) is 11.4. The van der Waals surface area contributed by atoms with Crippen molar-refractivity contribution in [3.05, 3.63) is 35.1 Å². The van der Waals surface area contributed by atoms with Gasteiger partial charge in [-0.1, -0.05) is 19.1 Å². The zero-order chi connectivity index (χ0) is 14.6. The molecule has 0 fully saturated rings. The van der Waals surface area contributed by atoms with E-state index in [4.69, 9.17) is 5.11 Å². The molecule has 3 nitrogen and oxygen atoms in total. The van der Waals surface area contributed by atoms with Crippen LogP contribution in [0.4, 0.5) is 4.39 Å². The molecular weight excluding hydrogens is 247 g/mol. The molecule has 0 aromatic heterocycles. The highest BCUT2D eigenvalue weighted by Crippen LogP contribution is 2.22. The van der Waals surface area contributed by atoms with Crippen LogP contribution >= 0.6 is 0 Å². The van der Waals surface area contributed by atoms with Gasteiger partial charge in [0, 0.05) is 11.5 Å². The van der Waals surface area contributed by atoms with Crippen LogP contribution in [0.1, 0.15) is 44.2 Å². The third-order valence-corrected chi connectivity index (χ3v) is 3.45. The zero-order valence-corrected chi connectivity index (χ0v) is 11.4. The van der Waals surface area contributed by atoms with Crippen molar-refractivity contribution in [2.45, 2.75) is 39.5 Å². The molecule has 104 valence electrons. The standard InChI is InChI=1S/C15H19FO3/c1-4-12(10(3)17)7-11-5-6-13(14(16)8-11)9(2)15(18)19/h5-6,8-9,12H,4,7H2,1-3H3,(H,18,19)/t9-,12-/m0/s1. The van der Waals surface area contributed by atoms with Crippen molar-refractivity contribution in [3.8, 4) is 0 Å². The van der Waals surface area contributed by atoms with Crippen molar-refractivity contribution < 1.29 is 19.1 Å². The second kappa shape index (κ2) is 6.45. The average molecular weight is 266 g/mol. The quantitative estimate of drug-likeness (QED) is 0.860. The summed E-state index contributed by atoms with van der Waals surface area (Å²) in [5.74, 6) is -2.47. The van der Waals surface area contributed by atoms with Crippen LogP contribution in [0.3, 0.4) is 0 Å². The van der Waals surface area contributed by atoms with Gasteiger partial charge in [0.1, 0.15) is 11.6 Å². The highest BCUT2D eigenvalue weighted by Gasteiger charge is 2.19. The molecule has 0 bridgehead atoms. The Bertz CT molecular complexity index is 482. The molecule has 4 heteroatoms. The Hall–Kier alpha value is -1.71. The van der Waals surface area contributed by atoms with Gasteiger partial charge in [-0.05, 0) is 38.3 Å². The number of Topliss-reactive ketones (excluding diaryl/α,β-unsaturated/α-hetero) is 1. The number of carbonyl (C=O) groups excluding carboxylic acids is 1. The van der Waals surface area contributed by atoms with Crippen LogP contribution in [0.5, 0.6) is 0 Å². The Morgan fingerprint density at radius 3 is 2.42 bits per heavy atom. The summed E-state index contributed by atoms with van der Waals surface area (Å²) >= 11 is 0. The van der Waals surface area contributed by atoms with E-state index in [1.807, 2.05) is 6.92 Å². The first-order chi connectivity index (χ1) is 8.86. The molecule has 0 spiro atoms. The smallest absolute Gasteiger partial charge is 0.310 e. The Kier molecular flexibility index (Phi) is 5.21. The highest BCUT2D eigenvalue weighted by molar-refractivity contribution is 5.78. The molecule has 19 heavy (non-hydrogen) atoms. The minimum atomic E-state index is -1.05. The van der Waals surface area contributed by atoms with Crippen molar-refractivity contribution in [2.75, 3.05) is 0 Å². The van der Waals surface area contributed by atoms with Gasteiger partial charge in [0.25, 0.3) is 0 Å². The number of rotatable bonds is 6. The molecule has 1 rings (SSSR count). The maximum absolute atomic E-state index is 13.9. The summed E-state index contributed by atoms with van der Waals surface area (Å²) in [7, 11) is 0. The van der Waals surface area contributed by atoms with Crippen LogP contribution in [0.15, 0.2) is 18.2 Å². The van der Waals surface area contributed by atoms with Crippen LogP contribution in [0.25, 0.3) is 0 Å². The first-order valence-corrected chi connectivity index (χ1v) is 6.38. The minimum Gasteiger partial charge on any atom is -0.481 e. The van der Waals surface area contributed by atoms with Gasteiger partial charge in [0.05, 0.1) is 5.92 Å². The lowest BCUT2D eigenvalue weighted by molar-refractivity contribution is -0.138. The van der Waals surface area contributed by atoms with Crippen molar-refractivity contribution in [2.24, 2.45) is 5.92 Å². The van der Waals surface area contributed by atoms with Gasteiger partial charge in [0.2, 0.25) is 0 Å². The third kappa shape index (κ3) is 3.88.